The molecule has 2 aromatic carbocycles. The highest BCUT2D eigenvalue weighted by Gasteiger charge is 2.33. The van der Waals surface area contributed by atoms with Crippen LogP contribution in [0, 0.1) is 0 Å². The van der Waals surface area contributed by atoms with Crippen molar-refractivity contribution in [1.29, 1.82) is 0 Å². The minimum atomic E-state index is -4.32. The van der Waals surface area contributed by atoms with Crippen LogP contribution in [0.1, 0.15) is 36.8 Å². The molecule has 3 rings (SSSR count). The molecule has 0 atom stereocenters. The maximum atomic E-state index is 12.9. The summed E-state index contributed by atoms with van der Waals surface area (Å²) in [6.45, 7) is -0.655. The Labute approximate surface area is 174 Å². The molecule has 2 aromatic rings. The van der Waals surface area contributed by atoms with Crippen LogP contribution in [0.4, 0.5) is 18.0 Å². The van der Waals surface area contributed by atoms with E-state index < -0.39 is 25.0 Å². The van der Waals surface area contributed by atoms with Gasteiger partial charge in [0.25, 0.3) is 0 Å². The van der Waals surface area contributed by atoms with E-state index in [9.17, 15) is 18.0 Å². The smallest absolute Gasteiger partial charge is 0.411 e. The van der Waals surface area contributed by atoms with Gasteiger partial charge in [-0.3, -0.25) is 0 Å². The van der Waals surface area contributed by atoms with Crippen LogP contribution >= 0.6 is 0 Å². The van der Waals surface area contributed by atoms with Crippen molar-refractivity contribution in [3.63, 3.8) is 0 Å². The lowest BCUT2D eigenvalue weighted by molar-refractivity contribution is -0.188. The van der Waals surface area contributed by atoms with Gasteiger partial charge >= 0.3 is 12.3 Å². The van der Waals surface area contributed by atoms with Gasteiger partial charge in [-0.05, 0) is 36.8 Å². The fourth-order valence-corrected chi connectivity index (χ4v) is 3.66. The molecule has 0 N–H and O–H groups in total. The van der Waals surface area contributed by atoms with E-state index in [0.717, 1.165) is 11.1 Å². The van der Waals surface area contributed by atoms with Crippen molar-refractivity contribution < 1.29 is 27.4 Å². The zero-order chi connectivity index (χ0) is 21.4. The van der Waals surface area contributed by atoms with Gasteiger partial charge in [0.1, 0.15) is 13.2 Å². The van der Waals surface area contributed by atoms with Crippen LogP contribution in [-0.2, 0) is 22.6 Å². The number of carbonyl (C=O) groups excluding carboxylic acids is 1. The fraction of sp³-hybridized carbons (Fsp3) is 0.435. The summed E-state index contributed by atoms with van der Waals surface area (Å²) in [6, 6.07) is 18.9. The Morgan fingerprint density at radius 1 is 0.900 bits per heavy atom. The normalized spacial score (nSPS) is 19.3. The third-order valence-electron chi connectivity index (χ3n) is 5.20. The summed E-state index contributed by atoms with van der Waals surface area (Å²) < 4.78 is 47.7. The van der Waals surface area contributed by atoms with Gasteiger partial charge in [0.15, 0.2) is 0 Å². The average molecular weight is 421 g/mol. The van der Waals surface area contributed by atoms with E-state index in [4.69, 9.17) is 9.47 Å². The van der Waals surface area contributed by atoms with Gasteiger partial charge in [0.2, 0.25) is 0 Å². The second-order valence-electron chi connectivity index (χ2n) is 7.51. The first kappa shape index (κ1) is 22.2. The third-order valence-corrected chi connectivity index (χ3v) is 5.20. The Morgan fingerprint density at radius 2 is 1.47 bits per heavy atom. The molecule has 30 heavy (non-hydrogen) atoms. The molecule has 0 aliphatic heterocycles. The lowest BCUT2D eigenvalue weighted by Crippen LogP contribution is -2.43. The molecule has 1 amide bonds. The van der Waals surface area contributed by atoms with Crippen molar-refractivity contribution in [1.82, 2.24) is 4.90 Å². The van der Waals surface area contributed by atoms with Crippen LogP contribution in [0.3, 0.4) is 0 Å². The fourth-order valence-electron chi connectivity index (χ4n) is 3.66. The molecule has 0 saturated heterocycles. The molecule has 4 nitrogen and oxygen atoms in total. The Morgan fingerprint density at radius 3 is 2.03 bits per heavy atom. The van der Waals surface area contributed by atoms with Gasteiger partial charge in [-0.15, -0.1) is 0 Å². The number of amides is 1. The second kappa shape index (κ2) is 10.5. The quantitative estimate of drug-likeness (QED) is 0.574. The monoisotopic (exact) mass is 421 g/mol. The molecule has 1 aliphatic carbocycles. The molecule has 0 aromatic heterocycles. The first-order chi connectivity index (χ1) is 14.4. The molecule has 1 fully saturated rings. The van der Waals surface area contributed by atoms with Crippen LogP contribution in [0.2, 0.25) is 0 Å². The van der Waals surface area contributed by atoms with E-state index in [1.807, 2.05) is 60.7 Å². The zero-order valence-corrected chi connectivity index (χ0v) is 16.7. The minimum Gasteiger partial charge on any atom is -0.445 e. The number of carbonyl (C=O) groups is 1. The van der Waals surface area contributed by atoms with Gasteiger partial charge in [-0.1, -0.05) is 60.7 Å². The number of nitrogens with zero attached hydrogens (tertiary/aromatic N) is 1. The summed E-state index contributed by atoms with van der Waals surface area (Å²) in [7, 11) is 0. The molecule has 1 saturated carbocycles. The first-order valence-corrected chi connectivity index (χ1v) is 10.1. The van der Waals surface area contributed by atoms with Gasteiger partial charge < -0.3 is 14.4 Å². The Balaban J connectivity index is 1.60. The van der Waals surface area contributed by atoms with Crippen molar-refractivity contribution in [2.24, 2.45) is 0 Å². The van der Waals surface area contributed by atoms with Crippen molar-refractivity contribution in [2.45, 2.75) is 57.2 Å². The molecule has 0 unspecified atom stereocenters. The summed E-state index contributed by atoms with van der Waals surface area (Å²) in [4.78, 5) is 14.6. The van der Waals surface area contributed by atoms with Crippen molar-refractivity contribution >= 4 is 6.09 Å². The molecule has 162 valence electrons. The van der Waals surface area contributed by atoms with Crippen LogP contribution < -0.4 is 0 Å². The summed E-state index contributed by atoms with van der Waals surface area (Å²) in [5, 5.41) is 0. The number of benzene rings is 2. The van der Waals surface area contributed by atoms with E-state index in [2.05, 4.69) is 0 Å². The molecule has 0 spiro atoms. The topological polar surface area (TPSA) is 38.8 Å². The van der Waals surface area contributed by atoms with Gasteiger partial charge in [-0.25, -0.2) is 4.79 Å². The Hall–Kier alpha value is -2.54. The predicted octanol–water partition coefficient (Wildman–Crippen LogP) is 5.72. The number of rotatable bonds is 7. The van der Waals surface area contributed by atoms with Crippen molar-refractivity contribution in [2.75, 3.05) is 6.61 Å². The highest BCUT2D eigenvalue weighted by atomic mass is 19.4. The lowest BCUT2D eigenvalue weighted by Gasteiger charge is -2.36. The van der Waals surface area contributed by atoms with E-state index in [-0.39, 0.29) is 12.6 Å². The van der Waals surface area contributed by atoms with Crippen LogP contribution in [0.25, 0.3) is 0 Å². The van der Waals surface area contributed by atoms with Crippen LogP contribution in [0.5, 0.6) is 0 Å². The lowest BCUT2D eigenvalue weighted by atomic mass is 9.91. The van der Waals surface area contributed by atoms with E-state index in [1.165, 1.54) is 0 Å². The summed E-state index contributed by atoms with van der Waals surface area (Å²) in [5.41, 5.74) is 1.87. The van der Waals surface area contributed by atoms with Crippen molar-refractivity contribution in [3.8, 4) is 0 Å². The van der Waals surface area contributed by atoms with Gasteiger partial charge in [0.05, 0.1) is 6.10 Å². The van der Waals surface area contributed by atoms with Gasteiger partial charge in [0, 0.05) is 12.6 Å². The van der Waals surface area contributed by atoms with Crippen LogP contribution in [0.15, 0.2) is 60.7 Å². The summed E-state index contributed by atoms with van der Waals surface area (Å²) >= 11 is 0. The number of hydrogen-bond donors (Lipinski definition) is 0. The molecule has 0 bridgehead atoms. The summed E-state index contributed by atoms with van der Waals surface area (Å²) in [5.74, 6) is 0. The Kier molecular flexibility index (Phi) is 7.74. The van der Waals surface area contributed by atoms with E-state index >= 15 is 0 Å². The minimum absolute atomic E-state index is 0.0979. The average Bonchev–Trinajstić information content (AvgIpc) is 2.76. The number of ether oxygens (including phenoxy) is 2. The standard InChI is InChI=1S/C23H26F3NO3/c24-23(25,26)17-30-21-13-11-20(12-14-21)27(15-18-7-3-1-4-8-18)22(28)29-16-19-9-5-2-6-10-19/h1-10,20-21H,11-17H2/t20-,21-. The molecular formula is C23H26F3NO3. The first-order valence-electron chi connectivity index (χ1n) is 10.1. The van der Waals surface area contributed by atoms with Gasteiger partial charge in [-0.2, -0.15) is 13.2 Å². The number of hydrogen-bond acceptors (Lipinski definition) is 3. The predicted molar refractivity (Wildman–Crippen MR) is 107 cm³/mol. The number of halogens is 3. The summed E-state index contributed by atoms with van der Waals surface area (Å²) in [6.07, 6.45) is -3.04. The van der Waals surface area contributed by atoms with Crippen LogP contribution in [-0.4, -0.2) is 35.9 Å². The molecular weight excluding hydrogens is 395 g/mol. The second-order valence-corrected chi connectivity index (χ2v) is 7.51. The highest BCUT2D eigenvalue weighted by Crippen LogP contribution is 2.28. The Bertz CT molecular complexity index is 775. The molecule has 1 aliphatic rings. The highest BCUT2D eigenvalue weighted by molar-refractivity contribution is 5.68. The molecule has 7 heteroatoms. The van der Waals surface area contributed by atoms with E-state index in [1.54, 1.807) is 4.90 Å². The third kappa shape index (κ3) is 7.06. The molecule has 0 radical (unpaired) electrons. The largest absolute Gasteiger partial charge is 0.445 e. The molecule has 0 heterocycles. The number of alkyl halides is 3. The maximum Gasteiger partial charge on any atom is 0.411 e. The zero-order valence-electron chi connectivity index (χ0n) is 16.7. The van der Waals surface area contributed by atoms with Crippen molar-refractivity contribution in [3.05, 3.63) is 71.8 Å². The SMILES string of the molecule is O=C(OCc1ccccc1)N(Cc1ccccc1)[C@H]1CC[C@H](OCC(F)(F)F)CC1. The van der Waals surface area contributed by atoms with E-state index in [0.29, 0.717) is 32.2 Å². The maximum absolute atomic E-state index is 12.9.